The number of carbonyl (C=O) groups is 4. The number of β-lactam (4-membered cyclic amide) rings is 1. The summed E-state index contributed by atoms with van der Waals surface area (Å²) in [5, 5.41) is 14.0. The van der Waals surface area contributed by atoms with Gasteiger partial charge in [-0.3, -0.25) is 9.59 Å². The van der Waals surface area contributed by atoms with E-state index >= 15 is 0 Å². The molecule has 0 saturated carbocycles. The van der Waals surface area contributed by atoms with Crippen LogP contribution in [-0.4, -0.2) is 62.0 Å². The fraction of sp³-hybridized carbons (Fsp3) is 0.389. The molecule has 4 atom stereocenters. The van der Waals surface area contributed by atoms with Crippen LogP contribution in [0.4, 0.5) is 4.79 Å². The first-order chi connectivity index (χ1) is 14.0. The van der Waals surface area contributed by atoms with Gasteiger partial charge in [0, 0.05) is 4.75 Å². The average Bonchev–Trinajstić information content (AvgIpc) is 2.92. The van der Waals surface area contributed by atoms with Crippen LogP contribution in [0.5, 0.6) is 0 Å². The van der Waals surface area contributed by atoms with Crippen molar-refractivity contribution in [3.63, 3.8) is 0 Å². The highest BCUT2D eigenvalue weighted by atomic mass is 32.2. The Bertz CT molecular complexity index is 917. The lowest BCUT2D eigenvalue weighted by Gasteiger charge is -2.43. The number of benzene rings is 1. The van der Waals surface area contributed by atoms with Crippen LogP contribution >= 0.6 is 11.8 Å². The zero-order valence-corrected chi connectivity index (χ0v) is 17.1. The van der Waals surface area contributed by atoms with Gasteiger partial charge in [0.1, 0.15) is 23.5 Å². The summed E-state index contributed by atoms with van der Waals surface area (Å²) in [6, 6.07) is 4.41. The number of hydrogen-bond acceptors (Lipinski definition) is 5. The molecule has 12 heteroatoms. The van der Waals surface area contributed by atoms with Crippen molar-refractivity contribution in [3.05, 3.63) is 35.9 Å². The molecule has 0 spiro atoms. The molecule has 3 rings (SSSR count). The number of nitrogens with one attached hydrogen (secondary N) is 2. The number of fused-ring (bicyclic) bond motifs is 1. The number of carboxylic acids is 1. The Balaban J connectivity index is 1.78. The number of rotatable bonds is 5. The molecule has 2 heterocycles. The van der Waals surface area contributed by atoms with Crippen LogP contribution < -0.4 is 22.1 Å². The Hall–Kier alpha value is -3.28. The van der Waals surface area contributed by atoms with Crippen LogP contribution in [0, 0.1) is 0 Å². The van der Waals surface area contributed by atoms with Crippen molar-refractivity contribution < 1.29 is 24.3 Å². The van der Waals surface area contributed by atoms with Gasteiger partial charge >= 0.3 is 12.0 Å². The van der Waals surface area contributed by atoms with E-state index in [9.17, 15) is 24.3 Å². The predicted octanol–water partition coefficient (Wildman–Crippen LogP) is -0.658. The summed E-state index contributed by atoms with van der Waals surface area (Å²) in [5.41, 5.74) is 10.9. The maximum atomic E-state index is 12.9. The van der Waals surface area contributed by atoms with Crippen molar-refractivity contribution in [2.24, 2.45) is 16.5 Å². The molecule has 30 heavy (non-hydrogen) atoms. The zero-order chi connectivity index (χ0) is 22.2. The molecular formula is C18H22N6O5S. The number of amides is 4. The summed E-state index contributed by atoms with van der Waals surface area (Å²) >= 11 is 1.31. The molecule has 2 aliphatic heterocycles. The molecule has 1 aromatic carbocycles. The number of aliphatic carboxylic acids is 1. The topological polar surface area (TPSA) is 180 Å². The van der Waals surface area contributed by atoms with Gasteiger partial charge in [0.2, 0.25) is 11.8 Å². The second kappa shape index (κ2) is 7.86. The van der Waals surface area contributed by atoms with Crippen LogP contribution in [0.3, 0.4) is 0 Å². The van der Waals surface area contributed by atoms with Crippen LogP contribution in [-0.2, 0) is 14.4 Å². The second-order valence-corrected chi connectivity index (χ2v) is 9.19. The van der Waals surface area contributed by atoms with E-state index in [0.29, 0.717) is 5.56 Å². The molecule has 0 bridgehead atoms. The summed E-state index contributed by atoms with van der Waals surface area (Å²) in [5.74, 6) is -2.69. The van der Waals surface area contributed by atoms with E-state index in [1.54, 1.807) is 44.2 Å². The third kappa shape index (κ3) is 3.90. The number of urea groups is 1. The Morgan fingerprint density at radius 1 is 1.23 bits per heavy atom. The minimum absolute atomic E-state index is 0.459. The Morgan fingerprint density at radius 2 is 1.87 bits per heavy atom. The fourth-order valence-electron chi connectivity index (χ4n) is 3.60. The van der Waals surface area contributed by atoms with Gasteiger partial charge in [0.05, 0.1) is 0 Å². The number of carbonyl (C=O) groups excluding carboxylic acids is 3. The van der Waals surface area contributed by atoms with Gasteiger partial charge in [-0.15, -0.1) is 11.8 Å². The van der Waals surface area contributed by atoms with Crippen molar-refractivity contribution in [1.29, 1.82) is 0 Å². The van der Waals surface area contributed by atoms with E-state index < -0.39 is 58.0 Å². The summed E-state index contributed by atoms with van der Waals surface area (Å²) in [4.78, 5) is 53.8. The molecular weight excluding hydrogens is 412 g/mol. The van der Waals surface area contributed by atoms with Gasteiger partial charge in [-0.1, -0.05) is 30.3 Å². The third-order valence-electron chi connectivity index (χ3n) is 4.87. The Morgan fingerprint density at radius 3 is 2.43 bits per heavy atom. The van der Waals surface area contributed by atoms with E-state index in [4.69, 9.17) is 11.5 Å². The molecule has 1 aromatic rings. The zero-order valence-electron chi connectivity index (χ0n) is 16.2. The van der Waals surface area contributed by atoms with E-state index in [1.165, 1.54) is 16.7 Å². The van der Waals surface area contributed by atoms with Gasteiger partial charge in [-0.05, 0) is 19.4 Å². The molecule has 1 unspecified atom stereocenters. The first-order valence-electron chi connectivity index (χ1n) is 9.01. The Labute approximate surface area is 176 Å². The second-order valence-electron chi connectivity index (χ2n) is 7.41. The minimum Gasteiger partial charge on any atom is -0.480 e. The minimum atomic E-state index is -1.15. The number of guanidine groups is 1. The number of nitrogens with zero attached hydrogens (tertiary/aromatic N) is 2. The predicted molar refractivity (Wildman–Crippen MR) is 109 cm³/mol. The number of aliphatic imine (C=N–C) groups is 1. The van der Waals surface area contributed by atoms with E-state index in [1.807, 2.05) is 0 Å². The quantitative estimate of drug-likeness (QED) is 0.230. The molecule has 0 aromatic heterocycles. The molecule has 0 radical (unpaired) electrons. The van der Waals surface area contributed by atoms with Gasteiger partial charge in [-0.25, -0.2) is 9.59 Å². The van der Waals surface area contributed by atoms with Crippen molar-refractivity contribution in [3.8, 4) is 0 Å². The van der Waals surface area contributed by atoms with Gasteiger partial charge in [0.15, 0.2) is 5.96 Å². The molecule has 0 aliphatic carbocycles. The largest absolute Gasteiger partial charge is 0.480 e. The van der Waals surface area contributed by atoms with Crippen molar-refractivity contribution in [2.75, 3.05) is 0 Å². The summed E-state index contributed by atoms with van der Waals surface area (Å²) in [6.45, 7) is 3.48. The van der Waals surface area contributed by atoms with Crippen LogP contribution in [0.15, 0.2) is 35.3 Å². The van der Waals surface area contributed by atoms with Gasteiger partial charge in [0.25, 0.3) is 0 Å². The number of nitrogens with two attached hydrogens (primary N) is 2. The van der Waals surface area contributed by atoms with Gasteiger partial charge in [-0.2, -0.15) is 4.99 Å². The third-order valence-corrected chi connectivity index (χ3v) is 6.44. The van der Waals surface area contributed by atoms with Gasteiger partial charge < -0.3 is 32.1 Å². The normalized spacial score (nSPS) is 24.8. The Kier molecular flexibility index (Phi) is 5.61. The highest BCUT2D eigenvalue weighted by Gasteiger charge is 2.64. The lowest BCUT2D eigenvalue weighted by Crippen LogP contribution is -2.71. The molecule has 2 fully saturated rings. The van der Waals surface area contributed by atoms with Crippen LogP contribution in [0.2, 0.25) is 0 Å². The summed E-state index contributed by atoms with van der Waals surface area (Å²) in [7, 11) is 0. The highest BCUT2D eigenvalue weighted by Crippen LogP contribution is 2.50. The van der Waals surface area contributed by atoms with E-state index in [2.05, 4.69) is 15.6 Å². The highest BCUT2D eigenvalue weighted by molar-refractivity contribution is 8.01. The smallest absolute Gasteiger partial charge is 0.345 e. The lowest BCUT2D eigenvalue weighted by atomic mass is 9.95. The number of carboxylic acid groups (broad SMARTS) is 1. The molecule has 160 valence electrons. The molecule has 2 aliphatic rings. The van der Waals surface area contributed by atoms with E-state index in [-0.39, 0.29) is 0 Å². The van der Waals surface area contributed by atoms with Crippen LogP contribution in [0.25, 0.3) is 0 Å². The molecule has 7 N–H and O–H groups in total. The molecule has 2 saturated heterocycles. The standard InChI is InChI=1S/C18H22N6O5S/c1-18(2)11(15(27)28)24-13(26)10(14(24)30-18)21-12(25)9(8-6-4-3-5-7-8)22-17(29)23-16(19)20/h3-7,9-11,14H,1-2H3,(H,21,25)(H,27,28)(H5,19,20,22,23,29)/t9?,10-,11+,14-/m1/s1. The van der Waals surface area contributed by atoms with Crippen molar-refractivity contribution in [1.82, 2.24) is 15.5 Å². The maximum Gasteiger partial charge on any atom is 0.345 e. The van der Waals surface area contributed by atoms with E-state index in [0.717, 1.165) is 0 Å². The monoisotopic (exact) mass is 434 g/mol. The lowest BCUT2D eigenvalue weighted by molar-refractivity contribution is -0.161. The number of hydrogen-bond donors (Lipinski definition) is 5. The van der Waals surface area contributed by atoms with Crippen molar-refractivity contribution >= 4 is 41.5 Å². The summed E-state index contributed by atoms with van der Waals surface area (Å²) < 4.78 is -0.716. The first kappa shape index (κ1) is 21.4. The average molecular weight is 434 g/mol. The maximum absolute atomic E-state index is 12.9. The SMILES string of the molecule is CC1(C)S[C@@H]2[C@H](NC(=O)C(NC(=O)N=C(N)N)c3ccccc3)C(=O)N2[C@H]1C(=O)O. The fourth-order valence-corrected chi connectivity index (χ4v) is 5.23. The van der Waals surface area contributed by atoms with Crippen molar-refractivity contribution in [2.45, 2.75) is 42.1 Å². The number of thioether (sulfide) groups is 1. The summed E-state index contributed by atoms with van der Waals surface area (Å²) in [6.07, 6.45) is 0. The molecule has 11 nitrogen and oxygen atoms in total. The first-order valence-corrected chi connectivity index (χ1v) is 9.89. The molecule has 4 amide bonds. The van der Waals surface area contributed by atoms with Crippen LogP contribution in [0.1, 0.15) is 25.5 Å².